The molecule has 116 valence electrons. The second-order valence-corrected chi connectivity index (χ2v) is 6.49. The van der Waals surface area contributed by atoms with Crippen molar-refractivity contribution in [3.63, 3.8) is 0 Å². The van der Waals surface area contributed by atoms with Crippen LogP contribution in [0, 0.1) is 20.8 Å². The zero-order valence-electron chi connectivity index (χ0n) is 13.6. The second kappa shape index (κ2) is 6.61. The summed E-state index contributed by atoms with van der Waals surface area (Å²) in [5, 5.41) is 9.28. The number of hydrogen-bond donors (Lipinski definition) is 1. The van der Waals surface area contributed by atoms with Gasteiger partial charge >= 0.3 is 5.97 Å². The van der Waals surface area contributed by atoms with E-state index in [1.54, 1.807) is 0 Å². The number of aryl methyl sites for hydroxylation is 3. The minimum absolute atomic E-state index is 0.137. The molecule has 3 heteroatoms. The monoisotopic (exact) mass is 289 g/mol. The molecule has 0 aromatic heterocycles. The highest BCUT2D eigenvalue weighted by Crippen LogP contribution is 2.33. The molecule has 0 heterocycles. The molecule has 1 aromatic rings. The number of rotatable bonds is 5. The molecule has 0 radical (unpaired) electrons. The zero-order valence-corrected chi connectivity index (χ0v) is 13.6. The summed E-state index contributed by atoms with van der Waals surface area (Å²) in [4.78, 5) is 13.5. The molecule has 0 aliphatic heterocycles. The van der Waals surface area contributed by atoms with Crippen LogP contribution >= 0.6 is 0 Å². The van der Waals surface area contributed by atoms with E-state index in [1.807, 2.05) is 0 Å². The van der Waals surface area contributed by atoms with Gasteiger partial charge in [0.2, 0.25) is 0 Å². The number of carbonyl (C=O) groups is 1. The van der Waals surface area contributed by atoms with Crippen LogP contribution in [0.15, 0.2) is 12.1 Å². The Morgan fingerprint density at radius 1 is 1.24 bits per heavy atom. The lowest BCUT2D eigenvalue weighted by atomic mass is 9.93. The van der Waals surface area contributed by atoms with Crippen LogP contribution in [0.3, 0.4) is 0 Å². The minimum atomic E-state index is -0.726. The zero-order chi connectivity index (χ0) is 15.6. The summed E-state index contributed by atoms with van der Waals surface area (Å²) in [6, 6.07) is 4.97. The molecule has 1 saturated carbocycles. The first-order valence-electron chi connectivity index (χ1n) is 7.95. The molecule has 3 nitrogen and oxygen atoms in total. The van der Waals surface area contributed by atoms with Crippen LogP contribution in [0.25, 0.3) is 0 Å². The van der Waals surface area contributed by atoms with Crippen LogP contribution in [0.2, 0.25) is 0 Å². The van der Waals surface area contributed by atoms with E-state index < -0.39 is 5.97 Å². The summed E-state index contributed by atoms with van der Waals surface area (Å²) >= 11 is 0. The van der Waals surface area contributed by atoms with Gasteiger partial charge in [-0.05, 0) is 57.2 Å². The highest BCUT2D eigenvalue weighted by molar-refractivity contribution is 5.69. The molecular formula is C18H27NO2. The highest BCUT2D eigenvalue weighted by Gasteiger charge is 2.30. The predicted molar refractivity (Wildman–Crippen MR) is 85.7 cm³/mol. The molecule has 2 rings (SSSR count). The number of carboxylic acid groups (broad SMARTS) is 1. The molecule has 1 fully saturated rings. The van der Waals surface area contributed by atoms with Crippen LogP contribution in [-0.4, -0.2) is 28.6 Å². The van der Waals surface area contributed by atoms with Crippen molar-refractivity contribution in [3.8, 4) is 0 Å². The third-order valence-electron chi connectivity index (χ3n) is 4.76. The van der Waals surface area contributed by atoms with Gasteiger partial charge in [0.25, 0.3) is 0 Å². The van der Waals surface area contributed by atoms with E-state index in [9.17, 15) is 9.90 Å². The van der Waals surface area contributed by atoms with E-state index in [0.29, 0.717) is 6.04 Å². The molecule has 1 N–H and O–H groups in total. The first-order chi connectivity index (χ1) is 9.90. The smallest absolute Gasteiger partial charge is 0.317 e. The number of nitrogens with zero attached hydrogens (tertiary/aromatic N) is 1. The van der Waals surface area contributed by atoms with Gasteiger partial charge in [0.15, 0.2) is 0 Å². The van der Waals surface area contributed by atoms with Crippen LogP contribution in [0.1, 0.15) is 60.9 Å². The lowest BCUT2D eigenvalue weighted by Crippen LogP contribution is -2.40. The standard InChI is InChI=1S/C18H27NO2/c1-12-9-13(2)18(14(3)10-12)15(4)19(11-17(20)21)16-7-5-6-8-16/h9-10,15-16H,5-8,11H2,1-4H3,(H,20,21). The van der Waals surface area contributed by atoms with Crippen LogP contribution < -0.4 is 0 Å². The maximum Gasteiger partial charge on any atom is 0.317 e. The van der Waals surface area contributed by atoms with E-state index in [2.05, 4.69) is 44.7 Å². The third-order valence-corrected chi connectivity index (χ3v) is 4.76. The third kappa shape index (κ3) is 3.65. The Morgan fingerprint density at radius 3 is 2.24 bits per heavy atom. The number of benzene rings is 1. The molecule has 1 aliphatic carbocycles. The van der Waals surface area contributed by atoms with Crippen molar-refractivity contribution in [3.05, 3.63) is 34.4 Å². The van der Waals surface area contributed by atoms with Crippen molar-refractivity contribution >= 4 is 5.97 Å². The Bertz CT molecular complexity index is 495. The van der Waals surface area contributed by atoms with Crippen LogP contribution in [-0.2, 0) is 4.79 Å². The fourth-order valence-electron chi connectivity index (χ4n) is 3.99. The summed E-state index contributed by atoms with van der Waals surface area (Å²) in [5.41, 5.74) is 5.11. The van der Waals surface area contributed by atoms with E-state index in [-0.39, 0.29) is 12.6 Å². The molecule has 0 spiro atoms. The molecule has 21 heavy (non-hydrogen) atoms. The number of carboxylic acids is 1. The van der Waals surface area contributed by atoms with Crippen LogP contribution in [0.5, 0.6) is 0 Å². The molecule has 1 aromatic carbocycles. The van der Waals surface area contributed by atoms with Gasteiger partial charge < -0.3 is 5.11 Å². The summed E-state index contributed by atoms with van der Waals surface area (Å²) < 4.78 is 0. The molecule has 1 unspecified atom stereocenters. The van der Waals surface area contributed by atoms with Crippen molar-refractivity contribution in [2.45, 2.75) is 65.5 Å². The van der Waals surface area contributed by atoms with Crippen molar-refractivity contribution in [2.75, 3.05) is 6.54 Å². The Balaban J connectivity index is 2.33. The van der Waals surface area contributed by atoms with Gasteiger partial charge in [-0.25, -0.2) is 0 Å². The predicted octanol–water partition coefficient (Wildman–Crippen LogP) is 4.00. The van der Waals surface area contributed by atoms with Crippen LogP contribution in [0.4, 0.5) is 0 Å². The highest BCUT2D eigenvalue weighted by atomic mass is 16.4. The van der Waals surface area contributed by atoms with Gasteiger partial charge in [-0.15, -0.1) is 0 Å². The maximum absolute atomic E-state index is 11.3. The Kier molecular flexibility index (Phi) is 5.04. The molecule has 0 saturated heterocycles. The van der Waals surface area contributed by atoms with Gasteiger partial charge in [-0.3, -0.25) is 9.69 Å². The molecule has 1 aliphatic rings. The van der Waals surface area contributed by atoms with Gasteiger partial charge in [0, 0.05) is 12.1 Å². The number of aliphatic carboxylic acids is 1. The van der Waals surface area contributed by atoms with Crippen molar-refractivity contribution in [2.24, 2.45) is 0 Å². The first kappa shape index (κ1) is 16.0. The Labute approximate surface area is 128 Å². The maximum atomic E-state index is 11.3. The minimum Gasteiger partial charge on any atom is -0.480 e. The molecule has 1 atom stereocenters. The van der Waals surface area contributed by atoms with Crippen molar-refractivity contribution in [1.82, 2.24) is 4.90 Å². The van der Waals surface area contributed by atoms with E-state index in [1.165, 1.54) is 35.1 Å². The second-order valence-electron chi connectivity index (χ2n) is 6.49. The van der Waals surface area contributed by atoms with Gasteiger partial charge in [-0.2, -0.15) is 0 Å². The summed E-state index contributed by atoms with van der Waals surface area (Å²) in [6.07, 6.45) is 4.70. The summed E-state index contributed by atoms with van der Waals surface area (Å²) in [6.45, 7) is 8.68. The summed E-state index contributed by atoms with van der Waals surface area (Å²) in [7, 11) is 0. The van der Waals surface area contributed by atoms with E-state index in [0.717, 1.165) is 12.8 Å². The fraction of sp³-hybridized carbons (Fsp3) is 0.611. The first-order valence-corrected chi connectivity index (χ1v) is 7.95. The van der Waals surface area contributed by atoms with Crippen molar-refractivity contribution in [1.29, 1.82) is 0 Å². The SMILES string of the molecule is Cc1cc(C)c(C(C)N(CC(=O)O)C2CCCC2)c(C)c1. The van der Waals surface area contributed by atoms with Gasteiger partial charge in [0.1, 0.15) is 0 Å². The topological polar surface area (TPSA) is 40.5 Å². The average molecular weight is 289 g/mol. The van der Waals surface area contributed by atoms with Crippen molar-refractivity contribution < 1.29 is 9.90 Å². The largest absolute Gasteiger partial charge is 0.480 e. The molecule has 0 bridgehead atoms. The molecular weight excluding hydrogens is 262 g/mol. The van der Waals surface area contributed by atoms with Gasteiger partial charge in [0.05, 0.1) is 6.54 Å². The number of hydrogen-bond acceptors (Lipinski definition) is 2. The normalized spacial score (nSPS) is 17.4. The summed E-state index contributed by atoms with van der Waals surface area (Å²) in [5.74, 6) is -0.726. The lowest BCUT2D eigenvalue weighted by Gasteiger charge is -2.35. The lowest BCUT2D eigenvalue weighted by molar-refractivity contribution is -0.139. The van der Waals surface area contributed by atoms with E-state index >= 15 is 0 Å². The van der Waals surface area contributed by atoms with E-state index in [4.69, 9.17) is 0 Å². The molecule has 0 amide bonds. The van der Waals surface area contributed by atoms with Gasteiger partial charge in [-0.1, -0.05) is 30.5 Å². The average Bonchev–Trinajstić information content (AvgIpc) is 2.87. The Hall–Kier alpha value is -1.35. The Morgan fingerprint density at radius 2 is 1.76 bits per heavy atom. The quantitative estimate of drug-likeness (QED) is 0.890. The fourth-order valence-corrected chi connectivity index (χ4v) is 3.99.